The quantitative estimate of drug-likeness (QED) is 0.649. The van der Waals surface area contributed by atoms with Gasteiger partial charge in [-0.25, -0.2) is 4.39 Å². The van der Waals surface area contributed by atoms with E-state index in [1.165, 1.54) is 24.3 Å². The van der Waals surface area contributed by atoms with Crippen molar-refractivity contribution in [3.8, 4) is 5.75 Å². The second kappa shape index (κ2) is 10.2. The third kappa shape index (κ3) is 6.19. The van der Waals surface area contributed by atoms with Crippen molar-refractivity contribution in [2.75, 3.05) is 13.2 Å². The zero-order chi connectivity index (χ0) is 20.5. The molecule has 0 aliphatic rings. The molecule has 1 atom stereocenters. The van der Waals surface area contributed by atoms with Crippen LogP contribution in [-0.2, 0) is 9.59 Å². The van der Waals surface area contributed by atoms with E-state index in [-0.39, 0.29) is 18.3 Å². The average Bonchev–Trinajstić information content (AvgIpc) is 2.70. The number of benzene rings is 2. The normalized spacial score (nSPS) is 11.4. The molecule has 0 saturated heterocycles. The molecule has 0 unspecified atom stereocenters. The van der Waals surface area contributed by atoms with Crippen molar-refractivity contribution in [1.29, 1.82) is 0 Å². The van der Waals surface area contributed by atoms with Crippen molar-refractivity contribution in [3.05, 3.63) is 65.5 Å². The van der Waals surface area contributed by atoms with E-state index >= 15 is 0 Å². The number of rotatable bonds is 9. The highest BCUT2D eigenvalue weighted by Gasteiger charge is 2.15. The maximum Gasteiger partial charge on any atom is 0.258 e. The number of halogens is 1. The van der Waals surface area contributed by atoms with Gasteiger partial charge >= 0.3 is 0 Å². The molecule has 0 aliphatic heterocycles. The number of nitrogens with one attached hydrogen (secondary N) is 2. The maximum atomic E-state index is 13.0. The molecule has 0 bridgehead atoms. The number of ether oxygens (including phenoxy) is 1. The van der Waals surface area contributed by atoms with E-state index in [2.05, 4.69) is 10.6 Å². The third-order valence-corrected chi connectivity index (χ3v) is 3.91. The number of carbonyl (C=O) groups excluding carboxylic acids is 3. The summed E-state index contributed by atoms with van der Waals surface area (Å²) in [6.07, 6.45) is 0.815. The Morgan fingerprint density at radius 1 is 1.00 bits per heavy atom. The van der Waals surface area contributed by atoms with E-state index in [1.54, 1.807) is 31.2 Å². The molecule has 6 nitrogen and oxygen atoms in total. The van der Waals surface area contributed by atoms with Gasteiger partial charge < -0.3 is 15.4 Å². The summed E-state index contributed by atoms with van der Waals surface area (Å²) in [4.78, 5) is 36.0. The summed E-state index contributed by atoms with van der Waals surface area (Å²) in [5, 5.41) is 5.25. The standard InChI is InChI=1S/C21H23FN2O4/c1-3-12-23-21(27)14(2)24-19(25)13-28-18-10-6-16(7-11-18)20(26)15-4-8-17(22)9-5-15/h4-11,14H,3,12-13H2,1-2H3,(H,23,27)(H,24,25)/t14-/m1/s1. The molecule has 2 N–H and O–H groups in total. The first-order valence-corrected chi connectivity index (χ1v) is 9.01. The Morgan fingerprint density at radius 3 is 2.14 bits per heavy atom. The fourth-order valence-corrected chi connectivity index (χ4v) is 2.37. The lowest BCUT2D eigenvalue weighted by atomic mass is 10.0. The first-order chi connectivity index (χ1) is 13.4. The van der Waals surface area contributed by atoms with Crippen LogP contribution in [0, 0.1) is 5.82 Å². The fraction of sp³-hybridized carbons (Fsp3) is 0.286. The van der Waals surface area contributed by atoms with Gasteiger partial charge in [0.25, 0.3) is 5.91 Å². The molecule has 0 radical (unpaired) electrons. The predicted molar refractivity (Wildman–Crippen MR) is 103 cm³/mol. The molecule has 28 heavy (non-hydrogen) atoms. The number of amides is 2. The molecule has 0 spiro atoms. The van der Waals surface area contributed by atoms with Crippen LogP contribution in [0.3, 0.4) is 0 Å². The van der Waals surface area contributed by atoms with E-state index in [4.69, 9.17) is 4.74 Å². The lowest BCUT2D eigenvalue weighted by Crippen LogP contribution is -2.46. The molecule has 2 aromatic carbocycles. The summed E-state index contributed by atoms with van der Waals surface area (Å²) in [5.74, 6) is -0.912. The van der Waals surface area contributed by atoms with Crippen LogP contribution in [0.1, 0.15) is 36.2 Å². The molecule has 148 valence electrons. The second-order valence-electron chi connectivity index (χ2n) is 6.23. The largest absolute Gasteiger partial charge is 0.484 e. The van der Waals surface area contributed by atoms with Crippen LogP contribution in [0.2, 0.25) is 0 Å². The maximum absolute atomic E-state index is 13.0. The predicted octanol–water partition coefficient (Wildman–Crippen LogP) is 2.47. The van der Waals surface area contributed by atoms with E-state index in [1.807, 2.05) is 6.92 Å². The summed E-state index contributed by atoms with van der Waals surface area (Å²) in [5.41, 5.74) is 0.800. The van der Waals surface area contributed by atoms with Crippen molar-refractivity contribution in [2.24, 2.45) is 0 Å². The van der Waals surface area contributed by atoms with Crippen LogP contribution in [0.25, 0.3) is 0 Å². The number of hydrogen-bond acceptors (Lipinski definition) is 4. The highest BCUT2D eigenvalue weighted by molar-refractivity contribution is 6.09. The van der Waals surface area contributed by atoms with Gasteiger partial charge in [-0.1, -0.05) is 6.92 Å². The molecule has 0 aromatic heterocycles. The molecule has 2 amide bonds. The molecule has 7 heteroatoms. The van der Waals surface area contributed by atoms with Crippen LogP contribution >= 0.6 is 0 Å². The monoisotopic (exact) mass is 386 g/mol. The van der Waals surface area contributed by atoms with E-state index in [9.17, 15) is 18.8 Å². The fourth-order valence-electron chi connectivity index (χ4n) is 2.37. The van der Waals surface area contributed by atoms with Gasteiger partial charge in [-0.15, -0.1) is 0 Å². The number of carbonyl (C=O) groups is 3. The minimum absolute atomic E-state index is 0.240. The Labute approximate surface area is 163 Å². The van der Waals surface area contributed by atoms with Gasteiger partial charge in [-0.05, 0) is 61.9 Å². The first-order valence-electron chi connectivity index (χ1n) is 9.01. The Kier molecular flexibility index (Phi) is 7.68. The third-order valence-electron chi connectivity index (χ3n) is 3.91. The van der Waals surface area contributed by atoms with Gasteiger partial charge in [0.05, 0.1) is 0 Å². The van der Waals surface area contributed by atoms with Gasteiger partial charge in [-0.2, -0.15) is 0 Å². The van der Waals surface area contributed by atoms with E-state index in [0.29, 0.717) is 23.4 Å². The topological polar surface area (TPSA) is 84.5 Å². The molecule has 0 fully saturated rings. The van der Waals surface area contributed by atoms with Crippen LogP contribution in [0.4, 0.5) is 4.39 Å². The highest BCUT2D eigenvalue weighted by Crippen LogP contribution is 2.16. The molecule has 0 aliphatic carbocycles. The van der Waals surface area contributed by atoms with E-state index in [0.717, 1.165) is 6.42 Å². The van der Waals surface area contributed by atoms with Crippen molar-refractivity contribution in [1.82, 2.24) is 10.6 Å². The minimum Gasteiger partial charge on any atom is -0.484 e. The molecular weight excluding hydrogens is 363 g/mol. The molecule has 0 heterocycles. The van der Waals surface area contributed by atoms with Crippen LogP contribution in [-0.4, -0.2) is 36.8 Å². The molecular formula is C21H23FN2O4. The van der Waals surface area contributed by atoms with Crippen molar-refractivity contribution in [3.63, 3.8) is 0 Å². The Bertz CT molecular complexity index is 819. The van der Waals surface area contributed by atoms with Gasteiger partial charge in [0.2, 0.25) is 5.91 Å². The Hall–Kier alpha value is -3.22. The van der Waals surface area contributed by atoms with E-state index < -0.39 is 17.8 Å². The van der Waals surface area contributed by atoms with Crippen LogP contribution in [0.15, 0.2) is 48.5 Å². The summed E-state index contributed by atoms with van der Waals surface area (Å²) in [7, 11) is 0. The first kappa shape index (κ1) is 21.1. The van der Waals surface area contributed by atoms with Gasteiger partial charge in [0.15, 0.2) is 12.4 Å². The SMILES string of the molecule is CCCNC(=O)[C@@H](C)NC(=O)COc1ccc(C(=O)c2ccc(F)cc2)cc1. The Morgan fingerprint density at radius 2 is 1.57 bits per heavy atom. The zero-order valence-electron chi connectivity index (χ0n) is 15.8. The summed E-state index contributed by atoms with van der Waals surface area (Å²) < 4.78 is 18.3. The summed E-state index contributed by atoms with van der Waals surface area (Å²) in [6.45, 7) is 3.84. The smallest absolute Gasteiger partial charge is 0.258 e. The molecule has 2 aromatic rings. The van der Waals surface area contributed by atoms with Crippen LogP contribution in [0.5, 0.6) is 5.75 Å². The van der Waals surface area contributed by atoms with Gasteiger partial charge in [0.1, 0.15) is 17.6 Å². The molecule has 2 rings (SSSR count). The minimum atomic E-state index is -0.654. The van der Waals surface area contributed by atoms with Gasteiger partial charge in [-0.3, -0.25) is 14.4 Å². The Balaban J connectivity index is 1.85. The number of ketones is 1. The lowest BCUT2D eigenvalue weighted by Gasteiger charge is -2.14. The van der Waals surface area contributed by atoms with Gasteiger partial charge in [0, 0.05) is 17.7 Å². The lowest BCUT2D eigenvalue weighted by molar-refractivity contribution is -0.129. The summed E-state index contributed by atoms with van der Waals surface area (Å²) >= 11 is 0. The highest BCUT2D eigenvalue weighted by atomic mass is 19.1. The van der Waals surface area contributed by atoms with Crippen molar-refractivity contribution in [2.45, 2.75) is 26.3 Å². The van der Waals surface area contributed by atoms with Crippen molar-refractivity contribution >= 4 is 17.6 Å². The number of hydrogen-bond donors (Lipinski definition) is 2. The summed E-state index contributed by atoms with van der Waals surface area (Å²) in [6, 6.07) is 10.9. The van der Waals surface area contributed by atoms with Crippen LogP contribution < -0.4 is 15.4 Å². The zero-order valence-corrected chi connectivity index (χ0v) is 15.8. The second-order valence-corrected chi connectivity index (χ2v) is 6.23. The van der Waals surface area contributed by atoms with Crippen molar-refractivity contribution < 1.29 is 23.5 Å². The molecule has 0 saturated carbocycles. The average molecular weight is 386 g/mol.